The summed E-state index contributed by atoms with van der Waals surface area (Å²) < 4.78 is 0. The van der Waals surface area contributed by atoms with Crippen LogP contribution in [0.15, 0.2) is 48.1 Å². The second-order valence-electron chi connectivity index (χ2n) is 6.29. The van der Waals surface area contributed by atoms with Crippen molar-refractivity contribution >= 4 is 6.08 Å². The van der Waals surface area contributed by atoms with Gasteiger partial charge in [0.15, 0.2) is 0 Å². The fraction of sp³-hybridized carbons (Fsp3) is 0.474. The van der Waals surface area contributed by atoms with Crippen molar-refractivity contribution in [2.75, 3.05) is 26.2 Å². The van der Waals surface area contributed by atoms with E-state index in [2.05, 4.69) is 67.1 Å². The first-order valence-corrected chi connectivity index (χ1v) is 7.96. The van der Waals surface area contributed by atoms with Crippen molar-refractivity contribution in [3.63, 3.8) is 0 Å². The Labute approximate surface area is 129 Å². The summed E-state index contributed by atoms with van der Waals surface area (Å²) in [5.74, 6) is 0. The van der Waals surface area contributed by atoms with E-state index < -0.39 is 0 Å². The lowest BCUT2D eigenvalue weighted by molar-refractivity contribution is 0.213. The van der Waals surface area contributed by atoms with E-state index in [0.717, 1.165) is 13.1 Å². The molecule has 0 spiro atoms. The molecule has 2 heteroatoms. The molecule has 1 saturated heterocycles. The Hall–Kier alpha value is -1.38. The Balaban J connectivity index is 1.72. The summed E-state index contributed by atoms with van der Waals surface area (Å²) in [4.78, 5) is 2.51. The van der Waals surface area contributed by atoms with Crippen molar-refractivity contribution in [3.8, 4) is 0 Å². The van der Waals surface area contributed by atoms with Crippen molar-refractivity contribution < 1.29 is 0 Å². The third-order valence-electron chi connectivity index (χ3n) is 3.96. The highest BCUT2D eigenvalue weighted by Crippen LogP contribution is 2.12. The van der Waals surface area contributed by atoms with Crippen LogP contribution in [-0.2, 0) is 0 Å². The average molecular weight is 284 g/mol. The highest BCUT2D eigenvalue weighted by atomic mass is 15.1. The number of benzene rings is 1. The van der Waals surface area contributed by atoms with Gasteiger partial charge in [-0.3, -0.25) is 4.90 Å². The molecule has 21 heavy (non-hydrogen) atoms. The van der Waals surface area contributed by atoms with E-state index in [-0.39, 0.29) is 0 Å². The minimum absolute atomic E-state index is 0.658. The number of piperidine rings is 1. The molecule has 1 aromatic carbocycles. The fourth-order valence-electron chi connectivity index (χ4n) is 2.87. The van der Waals surface area contributed by atoms with Gasteiger partial charge in [-0.1, -0.05) is 54.1 Å². The van der Waals surface area contributed by atoms with Crippen LogP contribution in [0.1, 0.15) is 32.3 Å². The number of likely N-dealkylation sites (tertiary alicyclic amines) is 1. The molecule has 0 aliphatic carbocycles. The van der Waals surface area contributed by atoms with E-state index in [9.17, 15) is 0 Å². The maximum atomic E-state index is 4.00. The monoisotopic (exact) mass is 284 g/mol. The van der Waals surface area contributed by atoms with Gasteiger partial charge >= 0.3 is 0 Å². The maximum absolute atomic E-state index is 4.00. The molecule has 0 bridgehead atoms. The molecule has 0 saturated carbocycles. The molecule has 0 amide bonds. The Kier molecular flexibility index (Phi) is 6.21. The first-order chi connectivity index (χ1) is 10.1. The number of hydrogen-bond acceptors (Lipinski definition) is 2. The standard InChI is InChI=1S/C19H28N2/c1-16(2)15-21-11-9-19(10-12-21)20-14-17(3)13-18-7-5-4-6-8-18/h4-8,13,19-20H,1,9-12,14-15H2,2-3H3/b17-13+. The summed E-state index contributed by atoms with van der Waals surface area (Å²) in [5.41, 5.74) is 3.95. The van der Waals surface area contributed by atoms with Crippen molar-refractivity contribution in [3.05, 3.63) is 53.6 Å². The second kappa shape index (κ2) is 8.16. The van der Waals surface area contributed by atoms with Crippen LogP contribution in [0.2, 0.25) is 0 Å². The summed E-state index contributed by atoms with van der Waals surface area (Å²) in [6.07, 6.45) is 4.75. The van der Waals surface area contributed by atoms with E-state index in [1.807, 2.05) is 0 Å². The molecule has 0 aromatic heterocycles. The van der Waals surface area contributed by atoms with E-state index in [0.29, 0.717) is 6.04 Å². The zero-order valence-corrected chi connectivity index (χ0v) is 13.4. The van der Waals surface area contributed by atoms with Gasteiger partial charge in [0.2, 0.25) is 0 Å². The number of nitrogens with one attached hydrogen (secondary N) is 1. The number of hydrogen-bond donors (Lipinski definition) is 1. The SMILES string of the molecule is C=C(C)CN1CCC(NC/C(C)=C/c2ccccc2)CC1. The predicted molar refractivity (Wildman–Crippen MR) is 92.4 cm³/mol. The maximum Gasteiger partial charge on any atom is 0.0187 e. The van der Waals surface area contributed by atoms with Crippen LogP contribution < -0.4 is 5.32 Å². The molecule has 1 N–H and O–H groups in total. The molecule has 1 aliphatic rings. The van der Waals surface area contributed by atoms with Gasteiger partial charge in [0.1, 0.15) is 0 Å². The van der Waals surface area contributed by atoms with Gasteiger partial charge in [-0.15, -0.1) is 0 Å². The summed E-state index contributed by atoms with van der Waals surface area (Å²) in [6.45, 7) is 12.7. The lowest BCUT2D eigenvalue weighted by Gasteiger charge is -2.32. The van der Waals surface area contributed by atoms with Crippen LogP contribution in [0.3, 0.4) is 0 Å². The van der Waals surface area contributed by atoms with Gasteiger partial charge in [-0.2, -0.15) is 0 Å². The van der Waals surface area contributed by atoms with Crippen LogP contribution in [-0.4, -0.2) is 37.1 Å². The molecule has 0 atom stereocenters. The molecule has 2 nitrogen and oxygen atoms in total. The van der Waals surface area contributed by atoms with Crippen molar-refractivity contribution in [1.82, 2.24) is 10.2 Å². The third kappa shape index (κ3) is 5.86. The van der Waals surface area contributed by atoms with Gasteiger partial charge in [0.25, 0.3) is 0 Å². The van der Waals surface area contributed by atoms with E-state index in [4.69, 9.17) is 0 Å². The summed E-state index contributed by atoms with van der Waals surface area (Å²) in [6, 6.07) is 11.2. The normalized spacial score (nSPS) is 17.9. The van der Waals surface area contributed by atoms with Crippen LogP contribution in [0.4, 0.5) is 0 Å². The zero-order chi connectivity index (χ0) is 15.1. The molecule has 1 fully saturated rings. The van der Waals surface area contributed by atoms with Crippen LogP contribution >= 0.6 is 0 Å². The van der Waals surface area contributed by atoms with Gasteiger partial charge in [0.05, 0.1) is 0 Å². The second-order valence-corrected chi connectivity index (χ2v) is 6.29. The topological polar surface area (TPSA) is 15.3 Å². The molecule has 2 rings (SSSR count). The van der Waals surface area contributed by atoms with E-state index >= 15 is 0 Å². The first-order valence-electron chi connectivity index (χ1n) is 7.96. The minimum Gasteiger partial charge on any atom is -0.310 e. The van der Waals surface area contributed by atoms with Gasteiger partial charge in [-0.25, -0.2) is 0 Å². The molecule has 1 aliphatic heterocycles. The Morgan fingerprint density at radius 2 is 1.90 bits per heavy atom. The molecular formula is C19H28N2. The summed E-state index contributed by atoms with van der Waals surface area (Å²) in [7, 11) is 0. The van der Waals surface area contributed by atoms with Crippen molar-refractivity contribution in [1.29, 1.82) is 0 Å². The quantitative estimate of drug-likeness (QED) is 0.801. The molecule has 0 unspecified atom stereocenters. The molecule has 114 valence electrons. The lowest BCUT2D eigenvalue weighted by Crippen LogP contribution is -2.43. The lowest BCUT2D eigenvalue weighted by atomic mass is 10.0. The number of rotatable bonds is 6. The highest BCUT2D eigenvalue weighted by molar-refractivity contribution is 5.52. The first kappa shape index (κ1) is 16.0. The molecule has 1 aromatic rings. The summed E-state index contributed by atoms with van der Waals surface area (Å²) in [5, 5.41) is 3.70. The van der Waals surface area contributed by atoms with Gasteiger partial charge in [0, 0.05) is 19.1 Å². The molecule has 0 radical (unpaired) electrons. The average Bonchev–Trinajstić information content (AvgIpc) is 2.47. The number of nitrogens with zero attached hydrogens (tertiary/aromatic N) is 1. The largest absolute Gasteiger partial charge is 0.310 e. The summed E-state index contributed by atoms with van der Waals surface area (Å²) >= 11 is 0. The van der Waals surface area contributed by atoms with Gasteiger partial charge < -0.3 is 5.32 Å². The minimum atomic E-state index is 0.658. The highest BCUT2D eigenvalue weighted by Gasteiger charge is 2.18. The van der Waals surface area contributed by atoms with Crippen LogP contribution in [0, 0.1) is 0 Å². The van der Waals surface area contributed by atoms with Crippen molar-refractivity contribution in [2.24, 2.45) is 0 Å². The van der Waals surface area contributed by atoms with Gasteiger partial charge in [-0.05, 0) is 45.3 Å². The third-order valence-corrected chi connectivity index (χ3v) is 3.96. The molecule has 1 heterocycles. The van der Waals surface area contributed by atoms with E-state index in [1.54, 1.807) is 0 Å². The Morgan fingerprint density at radius 1 is 1.24 bits per heavy atom. The molecular weight excluding hydrogens is 256 g/mol. The predicted octanol–water partition coefficient (Wildman–Crippen LogP) is 3.72. The Morgan fingerprint density at radius 3 is 2.52 bits per heavy atom. The van der Waals surface area contributed by atoms with Crippen LogP contribution in [0.25, 0.3) is 6.08 Å². The smallest absolute Gasteiger partial charge is 0.0187 e. The fourth-order valence-corrected chi connectivity index (χ4v) is 2.87. The van der Waals surface area contributed by atoms with E-state index in [1.165, 1.54) is 42.6 Å². The zero-order valence-electron chi connectivity index (χ0n) is 13.4. The van der Waals surface area contributed by atoms with Crippen molar-refractivity contribution in [2.45, 2.75) is 32.7 Å². The van der Waals surface area contributed by atoms with Crippen LogP contribution in [0.5, 0.6) is 0 Å². The Bertz CT molecular complexity index is 468.